The average molecular weight is 332 g/mol. The van der Waals surface area contributed by atoms with Gasteiger partial charge in [-0.3, -0.25) is 0 Å². The molecule has 0 bridgehead atoms. The summed E-state index contributed by atoms with van der Waals surface area (Å²) < 4.78 is 5.53. The third-order valence-corrected chi connectivity index (χ3v) is 5.76. The van der Waals surface area contributed by atoms with Gasteiger partial charge in [-0.05, 0) is 68.5 Å². The largest absolute Gasteiger partial charge is 0.497 e. The van der Waals surface area contributed by atoms with E-state index in [0.717, 1.165) is 11.7 Å². The zero-order valence-electron chi connectivity index (χ0n) is 16.5. The number of fused-ring (bicyclic) bond motifs is 1. The maximum absolute atomic E-state index is 5.53. The minimum absolute atomic E-state index is 0.646. The Morgan fingerprint density at radius 3 is 2.46 bits per heavy atom. The van der Waals surface area contributed by atoms with E-state index in [1.165, 1.54) is 51.5 Å². The first-order valence-corrected chi connectivity index (χ1v) is 10.0. The second-order valence-electron chi connectivity index (χ2n) is 7.54. The molecule has 0 aliphatic heterocycles. The van der Waals surface area contributed by atoms with E-state index in [0.29, 0.717) is 12.0 Å². The van der Waals surface area contributed by atoms with E-state index in [4.69, 9.17) is 4.74 Å². The van der Waals surface area contributed by atoms with E-state index in [-0.39, 0.29) is 0 Å². The summed E-state index contributed by atoms with van der Waals surface area (Å²) in [6.45, 7) is 8.18. The summed E-state index contributed by atoms with van der Waals surface area (Å²) in [5, 5.41) is 0. The van der Waals surface area contributed by atoms with Crippen LogP contribution in [-0.4, -0.2) is 31.6 Å². The van der Waals surface area contributed by atoms with Crippen molar-refractivity contribution in [2.75, 3.05) is 20.7 Å². The Morgan fingerprint density at radius 1 is 1.08 bits per heavy atom. The predicted molar refractivity (Wildman–Crippen MR) is 104 cm³/mol. The van der Waals surface area contributed by atoms with Crippen LogP contribution in [0, 0.1) is 5.92 Å². The number of rotatable bonds is 9. The van der Waals surface area contributed by atoms with Crippen LogP contribution < -0.4 is 4.74 Å². The number of methoxy groups -OCH3 is 1. The van der Waals surface area contributed by atoms with Gasteiger partial charge in [0.15, 0.2) is 0 Å². The van der Waals surface area contributed by atoms with E-state index < -0.39 is 0 Å². The molecule has 2 nitrogen and oxygen atoms in total. The van der Waals surface area contributed by atoms with Crippen LogP contribution in [0.2, 0.25) is 0 Å². The van der Waals surface area contributed by atoms with Gasteiger partial charge in [0.2, 0.25) is 0 Å². The normalized spacial score (nSPS) is 23.3. The molecule has 0 N–H and O–H groups in total. The molecule has 0 spiro atoms. The van der Waals surface area contributed by atoms with Crippen LogP contribution in [0.5, 0.6) is 5.75 Å². The molecular formula is C22H37NO. The van der Waals surface area contributed by atoms with Gasteiger partial charge in [0.05, 0.1) is 7.11 Å². The topological polar surface area (TPSA) is 12.5 Å². The molecule has 1 aromatic carbocycles. The molecule has 2 heteroatoms. The van der Waals surface area contributed by atoms with Gasteiger partial charge in [0, 0.05) is 12.0 Å². The number of hydrogen-bond donors (Lipinski definition) is 0. The predicted octanol–water partition coefficient (Wildman–Crippen LogP) is 5.65. The minimum Gasteiger partial charge on any atom is -0.497 e. The van der Waals surface area contributed by atoms with Gasteiger partial charge in [-0.1, -0.05) is 46.1 Å². The van der Waals surface area contributed by atoms with Crippen molar-refractivity contribution >= 4 is 0 Å². The molecule has 0 radical (unpaired) electrons. The minimum atomic E-state index is 0.646. The van der Waals surface area contributed by atoms with Gasteiger partial charge in [0.25, 0.3) is 0 Å². The van der Waals surface area contributed by atoms with Crippen LogP contribution in [0.1, 0.15) is 76.3 Å². The third kappa shape index (κ3) is 4.33. The molecule has 0 heterocycles. The first-order valence-electron chi connectivity index (χ1n) is 10.0. The van der Waals surface area contributed by atoms with Crippen LogP contribution >= 0.6 is 0 Å². The lowest BCUT2D eigenvalue weighted by molar-refractivity contribution is 0.121. The molecule has 24 heavy (non-hydrogen) atoms. The van der Waals surface area contributed by atoms with E-state index >= 15 is 0 Å². The number of ether oxygens (including phenoxy) is 1. The molecule has 0 unspecified atom stereocenters. The fourth-order valence-electron chi connectivity index (χ4n) is 4.65. The summed E-state index contributed by atoms with van der Waals surface area (Å²) in [7, 11) is 4.14. The molecule has 0 aromatic heterocycles. The van der Waals surface area contributed by atoms with Crippen molar-refractivity contribution in [1.29, 1.82) is 0 Å². The number of hydrogen-bond acceptors (Lipinski definition) is 2. The molecule has 0 saturated carbocycles. The highest BCUT2D eigenvalue weighted by Crippen LogP contribution is 2.43. The highest BCUT2D eigenvalue weighted by molar-refractivity contribution is 5.41. The second-order valence-corrected chi connectivity index (χ2v) is 7.54. The second kappa shape index (κ2) is 9.46. The molecule has 136 valence electrons. The summed E-state index contributed by atoms with van der Waals surface area (Å²) in [6.07, 6.45) is 8.96. The summed E-state index contributed by atoms with van der Waals surface area (Å²) in [4.78, 5) is 2.67. The smallest absolute Gasteiger partial charge is 0.119 e. The highest BCUT2D eigenvalue weighted by Gasteiger charge is 2.38. The van der Waals surface area contributed by atoms with Gasteiger partial charge >= 0.3 is 0 Å². The summed E-state index contributed by atoms with van der Waals surface area (Å²) >= 11 is 0. The lowest BCUT2D eigenvalue weighted by atomic mass is 9.69. The van der Waals surface area contributed by atoms with Gasteiger partial charge < -0.3 is 9.64 Å². The van der Waals surface area contributed by atoms with Crippen LogP contribution in [0.15, 0.2) is 18.2 Å². The summed E-state index contributed by atoms with van der Waals surface area (Å²) in [5.74, 6) is 2.44. The molecule has 2 rings (SSSR count). The first-order chi connectivity index (χ1) is 11.7. The maximum Gasteiger partial charge on any atom is 0.119 e. The fraction of sp³-hybridized carbons (Fsp3) is 0.727. The van der Waals surface area contributed by atoms with Crippen molar-refractivity contribution < 1.29 is 4.74 Å². The Balaban J connectivity index is 2.38. The van der Waals surface area contributed by atoms with E-state index in [9.17, 15) is 0 Å². The number of unbranched alkanes of at least 4 members (excludes halogenated alkanes) is 1. The van der Waals surface area contributed by atoms with Crippen molar-refractivity contribution in [3.63, 3.8) is 0 Å². The first kappa shape index (κ1) is 19.3. The SMILES string of the molecule is CCCCN(C)[C@H]1[C@@H](CCC)Cc2ccc(OC)cc2[C@H]1CCC. The summed E-state index contributed by atoms with van der Waals surface area (Å²) in [5.41, 5.74) is 3.12. The average Bonchev–Trinajstić information content (AvgIpc) is 2.60. The van der Waals surface area contributed by atoms with Gasteiger partial charge in [0.1, 0.15) is 5.75 Å². The molecular weight excluding hydrogens is 294 g/mol. The molecule has 0 fully saturated rings. The quantitative estimate of drug-likeness (QED) is 0.579. The lowest BCUT2D eigenvalue weighted by Gasteiger charge is -2.45. The zero-order chi connectivity index (χ0) is 17.5. The van der Waals surface area contributed by atoms with Crippen LogP contribution in [-0.2, 0) is 6.42 Å². The van der Waals surface area contributed by atoms with E-state index in [1.807, 2.05) is 0 Å². The van der Waals surface area contributed by atoms with E-state index in [2.05, 4.69) is 50.9 Å². The van der Waals surface area contributed by atoms with E-state index in [1.54, 1.807) is 18.2 Å². The van der Waals surface area contributed by atoms with Gasteiger partial charge in [-0.25, -0.2) is 0 Å². The van der Waals surface area contributed by atoms with Gasteiger partial charge in [-0.15, -0.1) is 0 Å². The molecule has 1 aliphatic carbocycles. The lowest BCUT2D eigenvalue weighted by Crippen LogP contribution is -2.46. The van der Waals surface area contributed by atoms with Crippen LogP contribution in [0.4, 0.5) is 0 Å². The zero-order valence-corrected chi connectivity index (χ0v) is 16.5. The number of likely N-dealkylation sites (N-methyl/N-ethyl adjacent to an activating group) is 1. The molecule has 0 saturated heterocycles. The van der Waals surface area contributed by atoms with Crippen molar-refractivity contribution in [1.82, 2.24) is 4.90 Å². The Hall–Kier alpha value is -1.02. The highest BCUT2D eigenvalue weighted by atomic mass is 16.5. The van der Waals surface area contributed by atoms with Crippen molar-refractivity contribution in [2.24, 2.45) is 5.92 Å². The number of nitrogens with zero attached hydrogens (tertiary/aromatic N) is 1. The Bertz CT molecular complexity index is 499. The fourth-order valence-corrected chi connectivity index (χ4v) is 4.65. The standard InChI is InChI=1S/C22H37NO/c1-6-9-14-23(4)22-18(10-7-2)15-17-12-13-19(24-5)16-21(17)20(22)11-8-3/h12-13,16,18,20,22H,6-11,14-15H2,1-5H3/t18-,20+,22-/m0/s1. The monoisotopic (exact) mass is 331 g/mol. The molecule has 1 aromatic rings. The maximum atomic E-state index is 5.53. The van der Waals surface area contributed by atoms with Crippen LogP contribution in [0.25, 0.3) is 0 Å². The van der Waals surface area contributed by atoms with Crippen LogP contribution in [0.3, 0.4) is 0 Å². The molecule has 3 atom stereocenters. The van der Waals surface area contributed by atoms with Crippen molar-refractivity contribution in [2.45, 2.75) is 77.7 Å². The number of benzene rings is 1. The third-order valence-electron chi connectivity index (χ3n) is 5.76. The molecule has 1 aliphatic rings. The van der Waals surface area contributed by atoms with Crippen molar-refractivity contribution in [3.05, 3.63) is 29.3 Å². The van der Waals surface area contributed by atoms with Gasteiger partial charge in [-0.2, -0.15) is 0 Å². The van der Waals surface area contributed by atoms with Crippen molar-refractivity contribution in [3.8, 4) is 5.75 Å². The Morgan fingerprint density at radius 2 is 1.83 bits per heavy atom. The molecule has 0 amide bonds. The Labute approximate surface area is 149 Å². The summed E-state index contributed by atoms with van der Waals surface area (Å²) in [6, 6.07) is 7.46. The Kier molecular flexibility index (Phi) is 7.61.